The maximum atomic E-state index is 13.1. The zero-order valence-corrected chi connectivity index (χ0v) is 12.4. The fraction of sp³-hybridized carbons (Fsp3) is 0.278. The van der Waals surface area contributed by atoms with Crippen LogP contribution in [0.5, 0.6) is 5.75 Å². The summed E-state index contributed by atoms with van der Waals surface area (Å²) in [5, 5.41) is 2.90. The van der Waals surface area contributed by atoms with Gasteiger partial charge in [0.15, 0.2) is 0 Å². The van der Waals surface area contributed by atoms with Crippen LogP contribution < -0.4 is 10.1 Å². The quantitative estimate of drug-likeness (QED) is 0.945. The Hall–Kier alpha value is -2.36. The highest BCUT2D eigenvalue weighted by Crippen LogP contribution is 2.27. The molecule has 22 heavy (non-hydrogen) atoms. The lowest BCUT2D eigenvalue weighted by Crippen LogP contribution is -2.26. The Morgan fingerprint density at radius 3 is 2.95 bits per heavy atom. The predicted molar refractivity (Wildman–Crippen MR) is 82.3 cm³/mol. The van der Waals surface area contributed by atoms with E-state index >= 15 is 0 Å². The summed E-state index contributed by atoms with van der Waals surface area (Å²) in [7, 11) is 0. The average molecular weight is 299 g/mol. The molecule has 1 atom stereocenters. The molecular weight excluding hydrogens is 281 g/mol. The van der Waals surface area contributed by atoms with Crippen molar-refractivity contribution in [1.29, 1.82) is 0 Å². The van der Waals surface area contributed by atoms with Gasteiger partial charge in [-0.15, -0.1) is 0 Å². The van der Waals surface area contributed by atoms with E-state index in [1.807, 2.05) is 31.2 Å². The van der Waals surface area contributed by atoms with Crippen molar-refractivity contribution >= 4 is 5.91 Å². The van der Waals surface area contributed by atoms with Gasteiger partial charge in [-0.25, -0.2) is 4.39 Å². The summed E-state index contributed by atoms with van der Waals surface area (Å²) in [6.45, 7) is 2.87. The van der Waals surface area contributed by atoms with Crippen LogP contribution in [-0.4, -0.2) is 12.5 Å². The van der Waals surface area contributed by atoms with Crippen LogP contribution in [0.25, 0.3) is 0 Å². The van der Waals surface area contributed by atoms with Crippen LogP contribution in [0.4, 0.5) is 4.39 Å². The molecule has 0 radical (unpaired) electrons. The Bertz CT molecular complexity index is 699. The molecule has 1 amide bonds. The fourth-order valence-electron chi connectivity index (χ4n) is 2.72. The molecule has 3 nitrogen and oxygen atoms in total. The van der Waals surface area contributed by atoms with Gasteiger partial charge >= 0.3 is 0 Å². The van der Waals surface area contributed by atoms with Gasteiger partial charge in [-0.1, -0.05) is 18.2 Å². The smallest absolute Gasteiger partial charge is 0.227 e. The maximum Gasteiger partial charge on any atom is 0.227 e. The normalized spacial score (nSPS) is 17.4. The predicted octanol–water partition coefficient (Wildman–Crippen LogP) is 3.18. The number of benzene rings is 2. The minimum Gasteiger partial charge on any atom is -0.489 e. The van der Waals surface area contributed by atoms with Gasteiger partial charge in [0.25, 0.3) is 0 Å². The summed E-state index contributed by atoms with van der Waals surface area (Å²) in [6.07, 6.45) is 0.794. The van der Waals surface area contributed by atoms with Gasteiger partial charge in [-0.2, -0.15) is 0 Å². The molecule has 3 rings (SSSR count). The molecule has 0 saturated carbocycles. The summed E-state index contributed by atoms with van der Waals surface area (Å²) >= 11 is 0. The molecule has 4 heteroatoms. The van der Waals surface area contributed by atoms with E-state index in [1.165, 1.54) is 12.1 Å². The number of hydrogen-bond donors (Lipinski definition) is 1. The second-order valence-electron chi connectivity index (χ2n) is 5.54. The van der Waals surface area contributed by atoms with Gasteiger partial charge in [0.05, 0.1) is 5.92 Å². The number of halogens is 1. The van der Waals surface area contributed by atoms with E-state index in [0.29, 0.717) is 13.2 Å². The topological polar surface area (TPSA) is 38.3 Å². The third-order valence-electron chi connectivity index (χ3n) is 3.96. The highest BCUT2D eigenvalue weighted by Gasteiger charge is 2.21. The van der Waals surface area contributed by atoms with Gasteiger partial charge in [0, 0.05) is 6.54 Å². The molecule has 0 saturated heterocycles. The first kappa shape index (κ1) is 14.6. The van der Waals surface area contributed by atoms with Crippen molar-refractivity contribution in [1.82, 2.24) is 5.32 Å². The molecule has 2 aromatic carbocycles. The van der Waals surface area contributed by atoms with Crippen LogP contribution in [0.15, 0.2) is 42.5 Å². The van der Waals surface area contributed by atoms with E-state index in [2.05, 4.69) is 5.32 Å². The van der Waals surface area contributed by atoms with Crippen molar-refractivity contribution < 1.29 is 13.9 Å². The van der Waals surface area contributed by atoms with E-state index in [0.717, 1.165) is 28.9 Å². The second-order valence-corrected chi connectivity index (χ2v) is 5.54. The zero-order valence-electron chi connectivity index (χ0n) is 12.4. The van der Waals surface area contributed by atoms with E-state index in [1.54, 1.807) is 6.07 Å². The van der Waals surface area contributed by atoms with Gasteiger partial charge in [-0.3, -0.25) is 4.79 Å². The lowest BCUT2D eigenvalue weighted by Gasteiger charge is -2.13. The Balaban J connectivity index is 1.76. The van der Waals surface area contributed by atoms with E-state index < -0.39 is 0 Å². The van der Waals surface area contributed by atoms with E-state index in [9.17, 15) is 9.18 Å². The molecular formula is C18H18FNO2. The van der Waals surface area contributed by atoms with Crippen molar-refractivity contribution in [2.45, 2.75) is 25.9 Å². The fourth-order valence-corrected chi connectivity index (χ4v) is 2.72. The van der Waals surface area contributed by atoms with Crippen molar-refractivity contribution in [3.05, 3.63) is 65.0 Å². The number of nitrogens with one attached hydrogen (secondary N) is 1. The van der Waals surface area contributed by atoms with Crippen molar-refractivity contribution in [2.24, 2.45) is 0 Å². The van der Waals surface area contributed by atoms with Crippen molar-refractivity contribution in [3.8, 4) is 5.75 Å². The second kappa shape index (κ2) is 6.18. The Labute approximate surface area is 129 Å². The lowest BCUT2D eigenvalue weighted by atomic mass is 9.95. The monoisotopic (exact) mass is 299 g/mol. The summed E-state index contributed by atoms with van der Waals surface area (Å²) < 4.78 is 18.9. The highest BCUT2D eigenvalue weighted by molar-refractivity contribution is 5.84. The summed E-state index contributed by atoms with van der Waals surface area (Å²) in [5.74, 6) is 0.396. The summed E-state index contributed by atoms with van der Waals surface area (Å²) in [5.41, 5.74) is 2.97. The molecule has 0 bridgehead atoms. The molecule has 0 spiro atoms. The molecule has 0 unspecified atom stereocenters. The van der Waals surface area contributed by atoms with Gasteiger partial charge in [0.2, 0.25) is 5.91 Å². The molecule has 1 aliphatic heterocycles. The molecule has 0 aromatic heterocycles. The molecule has 1 heterocycles. The highest BCUT2D eigenvalue weighted by atomic mass is 19.1. The maximum absolute atomic E-state index is 13.1. The molecule has 2 aromatic rings. The number of carbonyl (C=O) groups excluding carboxylic acids is 1. The molecule has 0 fully saturated rings. The first-order valence-electron chi connectivity index (χ1n) is 7.41. The summed E-state index contributed by atoms with van der Waals surface area (Å²) in [4.78, 5) is 11.8. The molecule has 1 aliphatic rings. The van der Waals surface area contributed by atoms with Crippen molar-refractivity contribution in [2.75, 3.05) is 6.54 Å². The van der Waals surface area contributed by atoms with E-state index in [-0.39, 0.29) is 17.6 Å². The number of fused-ring (bicyclic) bond motifs is 1. The molecule has 0 aliphatic carbocycles. The minimum atomic E-state index is -0.263. The number of rotatable bonds is 3. The van der Waals surface area contributed by atoms with Crippen molar-refractivity contribution in [3.63, 3.8) is 0 Å². The number of hydrogen-bond acceptors (Lipinski definition) is 2. The third kappa shape index (κ3) is 3.11. The average Bonchev–Trinajstić information content (AvgIpc) is 2.65. The summed E-state index contributed by atoms with van der Waals surface area (Å²) in [6, 6.07) is 12.2. The number of ether oxygens (including phenoxy) is 1. The van der Waals surface area contributed by atoms with Crippen LogP contribution in [0, 0.1) is 5.82 Å². The lowest BCUT2D eigenvalue weighted by molar-refractivity contribution is -0.122. The molecule has 114 valence electrons. The van der Waals surface area contributed by atoms with Crippen LogP contribution in [0.1, 0.15) is 29.5 Å². The standard InChI is InChI=1S/C18H18FNO2/c1-12-17-6-5-16(10-14(17)7-8-20-18(12)21)22-11-13-3-2-4-15(19)9-13/h2-6,9-10,12H,7-8,11H2,1H3,(H,20,21)/t12-/m0/s1. The zero-order chi connectivity index (χ0) is 15.5. The first-order valence-corrected chi connectivity index (χ1v) is 7.41. The third-order valence-corrected chi connectivity index (χ3v) is 3.96. The van der Waals surface area contributed by atoms with Crippen LogP contribution in [0.2, 0.25) is 0 Å². The van der Waals surface area contributed by atoms with Crippen LogP contribution in [0.3, 0.4) is 0 Å². The van der Waals surface area contributed by atoms with E-state index in [4.69, 9.17) is 4.74 Å². The SMILES string of the molecule is C[C@@H]1C(=O)NCCc2cc(OCc3cccc(F)c3)ccc21. The minimum absolute atomic E-state index is 0.0622. The van der Waals surface area contributed by atoms with Crippen LogP contribution >= 0.6 is 0 Å². The Morgan fingerprint density at radius 2 is 2.14 bits per heavy atom. The number of carbonyl (C=O) groups is 1. The van der Waals surface area contributed by atoms with Crippen LogP contribution in [-0.2, 0) is 17.8 Å². The van der Waals surface area contributed by atoms with Gasteiger partial charge in [-0.05, 0) is 54.3 Å². The first-order chi connectivity index (χ1) is 10.6. The Morgan fingerprint density at radius 1 is 1.27 bits per heavy atom. The van der Waals surface area contributed by atoms with Gasteiger partial charge in [0.1, 0.15) is 18.2 Å². The largest absolute Gasteiger partial charge is 0.489 e. The number of amides is 1. The van der Waals surface area contributed by atoms with Gasteiger partial charge < -0.3 is 10.1 Å². The Kier molecular flexibility index (Phi) is 4.09. The molecule has 1 N–H and O–H groups in total.